The lowest BCUT2D eigenvalue weighted by molar-refractivity contribution is -0.105. The number of nitrogens with zero attached hydrogens (tertiary/aromatic N) is 3. The Morgan fingerprint density at radius 2 is 1.92 bits per heavy atom. The van der Waals surface area contributed by atoms with E-state index in [-0.39, 0.29) is 5.54 Å². The molecule has 1 saturated carbocycles. The molecule has 1 amide bonds. The summed E-state index contributed by atoms with van der Waals surface area (Å²) in [4.78, 5) is 15.6. The van der Waals surface area contributed by atoms with E-state index in [2.05, 4.69) is 34.3 Å². The summed E-state index contributed by atoms with van der Waals surface area (Å²) in [5.41, 5.74) is 1.68. The van der Waals surface area contributed by atoms with Crippen LogP contribution in [0.15, 0.2) is 24.3 Å². The summed E-state index contributed by atoms with van der Waals surface area (Å²) >= 11 is 0. The van der Waals surface area contributed by atoms with Crippen molar-refractivity contribution >= 4 is 17.8 Å². The Labute approximate surface area is 150 Å². The third kappa shape index (κ3) is 3.64. The SMILES string of the molecule is CN(c1ccccc1NC=O)C1CCN(C2(C#N)CCCCC2)CC1. The Bertz CT molecular complexity index is 625. The minimum absolute atomic E-state index is 0.223. The molecule has 0 aromatic heterocycles. The van der Waals surface area contributed by atoms with E-state index in [1.54, 1.807) is 0 Å². The molecule has 5 heteroatoms. The van der Waals surface area contributed by atoms with Crippen LogP contribution in [0.3, 0.4) is 0 Å². The fourth-order valence-electron chi connectivity index (χ4n) is 4.48. The van der Waals surface area contributed by atoms with Gasteiger partial charge in [0.1, 0.15) is 5.54 Å². The maximum atomic E-state index is 10.8. The maximum absolute atomic E-state index is 10.8. The molecule has 1 aliphatic carbocycles. The van der Waals surface area contributed by atoms with Crippen molar-refractivity contribution in [2.45, 2.75) is 56.5 Å². The number of piperidine rings is 1. The normalized spacial score (nSPS) is 21.3. The number of hydrogen-bond acceptors (Lipinski definition) is 4. The van der Waals surface area contributed by atoms with Gasteiger partial charge in [-0.15, -0.1) is 0 Å². The van der Waals surface area contributed by atoms with Gasteiger partial charge in [0.2, 0.25) is 6.41 Å². The molecular formula is C20H28N4O. The molecule has 134 valence electrons. The highest BCUT2D eigenvalue weighted by Crippen LogP contribution is 2.36. The number of benzene rings is 1. The first-order chi connectivity index (χ1) is 12.2. The van der Waals surface area contributed by atoms with E-state index in [1.165, 1.54) is 19.3 Å². The lowest BCUT2D eigenvalue weighted by atomic mass is 9.80. The van der Waals surface area contributed by atoms with Gasteiger partial charge in [-0.2, -0.15) is 5.26 Å². The van der Waals surface area contributed by atoms with Crippen molar-refractivity contribution in [3.05, 3.63) is 24.3 Å². The second-order valence-corrected chi connectivity index (χ2v) is 7.31. The van der Waals surface area contributed by atoms with Crippen LogP contribution in [-0.4, -0.2) is 43.0 Å². The number of carbonyl (C=O) groups excluding carboxylic acids is 1. The number of nitriles is 1. The molecule has 0 bridgehead atoms. The molecule has 1 aromatic carbocycles. The zero-order valence-corrected chi connectivity index (χ0v) is 15.1. The van der Waals surface area contributed by atoms with Crippen LogP contribution in [0.25, 0.3) is 0 Å². The van der Waals surface area contributed by atoms with E-state index in [1.807, 2.05) is 18.2 Å². The first-order valence-corrected chi connectivity index (χ1v) is 9.38. The Kier molecular flexibility index (Phi) is 5.60. The summed E-state index contributed by atoms with van der Waals surface area (Å²) in [5.74, 6) is 0. The molecule has 0 atom stereocenters. The van der Waals surface area contributed by atoms with Crippen molar-refractivity contribution in [1.29, 1.82) is 5.26 Å². The number of hydrogen-bond donors (Lipinski definition) is 1. The molecule has 2 fully saturated rings. The van der Waals surface area contributed by atoms with E-state index in [0.29, 0.717) is 6.04 Å². The van der Waals surface area contributed by atoms with Crippen LogP contribution in [0.2, 0.25) is 0 Å². The summed E-state index contributed by atoms with van der Waals surface area (Å²) in [6.45, 7) is 1.96. The van der Waals surface area contributed by atoms with Crippen LogP contribution in [0.1, 0.15) is 44.9 Å². The van der Waals surface area contributed by atoms with E-state index >= 15 is 0 Å². The summed E-state index contributed by atoms with van der Waals surface area (Å²) in [6.07, 6.45) is 8.51. The van der Waals surface area contributed by atoms with Crippen LogP contribution >= 0.6 is 0 Å². The van der Waals surface area contributed by atoms with Crippen molar-refractivity contribution in [2.75, 3.05) is 30.4 Å². The average Bonchev–Trinajstić information content (AvgIpc) is 2.69. The molecular weight excluding hydrogens is 312 g/mol. The zero-order valence-electron chi connectivity index (χ0n) is 15.1. The van der Waals surface area contributed by atoms with Crippen LogP contribution in [0.5, 0.6) is 0 Å². The Morgan fingerprint density at radius 3 is 2.56 bits per heavy atom. The van der Waals surface area contributed by atoms with Gasteiger partial charge in [0.25, 0.3) is 0 Å². The molecule has 2 aliphatic rings. The number of carbonyl (C=O) groups is 1. The van der Waals surface area contributed by atoms with Crippen molar-refractivity contribution in [1.82, 2.24) is 4.90 Å². The van der Waals surface area contributed by atoms with Crippen LogP contribution in [0, 0.1) is 11.3 Å². The number of likely N-dealkylation sites (tertiary alicyclic amines) is 1. The molecule has 0 unspecified atom stereocenters. The predicted octanol–water partition coefficient (Wildman–Crippen LogP) is 3.38. The smallest absolute Gasteiger partial charge is 0.211 e. The topological polar surface area (TPSA) is 59.4 Å². The largest absolute Gasteiger partial charge is 0.370 e. The maximum Gasteiger partial charge on any atom is 0.211 e. The zero-order chi connectivity index (χ0) is 17.7. The molecule has 25 heavy (non-hydrogen) atoms. The minimum atomic E-state index is -0.223. The molecule has 1 aromatic rings. The van der Waals surface area contributed by atoms with E-state index in [9.17, 15) is 10.1 Å². The Hall–Kier alpha value is -2.06. The van der Waals surface area contributed by atoms with Crippen LogP contribution in [0.4, 0.5) is 11.4 Å². The highest BCUT2D eigenvalue weighted by molar-refractivity contribution is 5.81. The molecule has 0 spiro atoms. The minimum Gasteiger partial charge on any atom is -0.370 e. The second kappa shape index (κ2) is 7.88. The van der Waals surface area contributed by atoms with Crippen LogP contribution < -0.4 is 10.2 Å². The van der Waals surface area contributed by atoms with E-state index in [4.69, 9.17) is 0 Å². The highest BCUT2D eigenvalue weighted by Gasteiger charge is 2.40. The standard InChI is InChI=1S/C20H28N4O/c1-23(19-8-4-3-7-18(19)22-16-25)17-9-13-24(14-10-17)20(15-21)11-5-2-6-12-20/h3-4,7-8,16-17H,2,5-6,9-14H2,1H3,(H,22,25). The van der Waals surface area contributed by atoms with Gasteiger partial charge in [-0.05, 0) is 37.8 Å². The van der Waals surface area contributed by atoms with Gasteiger partial charge in [-0.25, -0.2) is 0 Å². The fourth-order valence-corrected chi connectivity index (χ4v) is 4.48. The molecule has 1 heterocycles. The molecule has 1 N–H and O–H groups in total. The number of para-hydroxylation sites is 2. The summed E-state index contributed by atoms with van der Waals surface area (Å²) in [6, 6.07) is 11.0. The number of anilines is 2. The van der Waals surface area contributed by atoms with Crippen LogP contribution in [-0.2, 0) is 4.79 Å². The fraction of sp³-hybridized carbons (Fsp3) is 0.600. The van der Waals surface area contributed by atoms with E-state index < -0.39 is 0 Å². The van der Waals surface area contributed by atoms with Gasteiger partial charge in [0.15, 0.2) is 0 Å². The number of nitrogens with one attached hydrogen (secondary N) is 1. The molecule has 5 nitrogen and oxygen atoms in total. The Balaban J connectivity index is 1.66. The first-order valence-electron chi connectivity index (χ1n) is 9.38. The van der Waals surface area contributed by atoms with Gasteiger partial charge in [0.05, 0.1) is 17.4 Å². The van der Waals surface area contributed by atoms with Gasteiger partial charge >= 0.3 is 0 Å². The summed E-state index contributed by atoms with van der Waals surface area (Å²) in [5, 5.41) is 12.6. The number of rotatable bonds is 5. The molecule has 1 saturated heterocycles. The monoisotopic (exact) mass is 340 g/mol. The quantitative estimate of drug-likeness (QED) is 0.835. The number of amides is 1. The van der Waals surface area contributed by atoms with E-state index in [0.717, 1.165) is 56.6 Å². The predicted molar refractivity (Wildman–Crippen MR) is 101 cm³/mol. The Morgan fingerprint density at radius 1 is 1.24 bits per heavy atom. The molecule has 3 rings (SSSR count). The molecule has 0 radical (unpaired) electrons. The lowest BCUT2D eigenvalue weighted by Crippen LogP contribution is -2.54. The summed E-state index contributed by atoms with van der Waals surface area (Å²) < 4.78 is 0. The third-order valence-electron chi connectivity index (χ3n) is 6.00. The third-order valence-corrected chi connectivity index (χ3v) is 6.00. The second-order valence-electron chi connectivity index (χ2n) is 7.31. The first kappa shape index (κ1) is 17.8. The van der Waals surface area contributed by atoms with Gasteiger partial charge in [0, 0.05) is 26.2 Å². The van der Waals surface area contributed by atoms with Crippen molar-refractivity contribution < 1.29 is 4.79 Å². The highest BCUT2D eigenvalue weighted by atomic mass is 16.1. The van der Waals surface area contributed by atoms with Crippen molar-refractivity contribution in [3.8, 4) is 6.07 Å². The average molecular weight is 340 g/mol. The van der Waals surface area contributed by atoms with Crippen molar-refractivity contribution in [2.24, 2.45) is 0 Å². The summed E-state index contributed by atoms with van der Waals surface area (Å²) in [7, 11) is 2.10. The van der Waals surface area contributed by atoms with Crippen molar-refractivity contribution in [3.63, 3.8) is 0 Å². The van der Waals surface area contributed by atoms with Gasteiger partial charge in [-0.1, -0.05) is 31.4 Å². The lowest BCUT2D eigenvalue weighted by Gasteiger charge is -2.46. The molecule has 1 aliphatic heterocycles. The van der Waals surface area contributed by atoms with Gasteiger partial charge < -0.3 is 10.2 Å². The van der Waals surface area contributed by atoms with Gasteiger partial charge in [-0.3, -0.25) is 9.69 Å².